The molecule has 1 fully saturated rings. The van der Waals surface area contributed by atoms with E-state index in [0.29, 0.717) is 46.8 Å². The van der Waals surface area contributed by atoms with E-state index in [2.05, 4.69) is 15.5 Å². The predicted octanol–water partition coefficient (Wildman–Crippen LogP) is 2.22. The van der Waals surface area contributed by atoms with E-state index in [-0.39, 0.29) is 30.8 Å². The molecule has 1 saturated heterocycles. The molecule has 4 heterocycles. The van der Waals surface area contributed by atoms with Crippen molar-refractivity contribution in [2.45, 2.75) is 57.4 Å². The van der Waals surface area contributed by atoms with Crippen molar-refractivity contribution in [3.05, 3.63) is 59.2 Å². The smallest absolute Gasteiger partial charge is 0.261 e. The van der Waals surface area contributed by atoms with Gasteiger partial charge >= 0.3 is 0 Å². The van der Waals surface area contributed by atoms with Gasteiger partial charge in [-0.1, -0.05) is 12.1 Å². The number of ether oxygens (including phenoxy) is 1. The van der Waals surface area contributed by atoms with Crippen LogP contribution in [0.15, 0.2) is 42.5 Å². The van der Waals surface area contributed by atoms with E-state index < -0.39 is 17.7 Å². The zero-order valence-electron chi connectivity index (χ0n) is 21.2. The fraction of sp³-hybridized carbons (Fsp3) is 0.407. The van der Waals surface area contributed by atoms with Gasteiger partial charge in [0.1, 0.15) is 17.5 Å². The molecular formula is C27H28N6O5. The lowest BCUT2D eigenvalue weighted by molar-refractivity contribution is -0.147. The predicted molar refractivity (Wildman–Crippen MR) is 134 cm³/mol. The van der Waals surface area contributed by atoms with Gasteiger partial charge in [-0.3, -0.25) is 19.3 Å². The molecule has 0 aliphatic carbocycles. The number of aliphatic hydroxyl groups excluding tert-OH is 1. The first-order valence-electron chi connectivity index (χ1n) is 12.8. The van der Waals surface area contributed by atoms with E-state index in [4.69, 9.17) is 4.74 Å². The van der Waals surface area contributed by atoms with Crippen LogP contribution in [0.25, 0.3) is 11.4 Å². The number of piperidine rings is 1. The topological polar surface area (TPSA) is 131 Å². The molecule has 3 aliphatic rings. The lowest BCUT2D eigenvalue weighted by Crippen LogP contribution is -2.55. The lowest BCUT2D eigenvalue weighted by atomic mass is 9.84. The number of hydrogen-bond acceptors (Lipinski definition) is 8. The van der Waals surface area contributed by atoms with Gasteiger partial charge < -0.3 is 14.7 Å². The maximum atomic E-state index is 12.9. The lowest BCUT2D eigenvalue weighted by Gasteiger charge is -2.47. The van der Waals surface area contributed by atoms with Crippen molar-refractivity contribution in [3.8, 4) is 17.1 Å². The van der Waals surface area contributed by atoms with Crippen LogP contribution >= 0.6 is 0 Å². The summed E-state index contributed by atoms with van der Waals surface area (Å²) in [5, 5.41) is 23.4. The van der Waals surface area contributed by atoms with Gasteiger partial charge in [0.25, 0.3) is 11.8 Å². The number of nitrogens with zero attached hydrogens (tertiary/aromatic N) is 6. The highest BCUT2D eigenvalue weighted by Gasteiger charge is 2.47. The third-order valence-electron chi connectivity index (χ3n) is 7.61. The number of fused-ring (bicyclic) bond motifs is 2. The summed E-state index contributed by atoms with van der Waals surface area (Å²) in [6.07, 6.45) is 1.24. The van der Waals surface area contributed by atoms with Crippen LogP contribution < -0.4 is 4.74 Å². The first-order valence-corrected chi connectivity index (χ1v) is 12.8. The Kier molecular flexibility index (Phi) is 5.75. The number of tetrazole rings is 1. The summed E-state index contributed by atoms with van der Waals surface area (Å²) < 4.78 is 7.67. The maximum Gasteiger partial charge on any atom is 0.261 e. The van der Waals surface area contributed by atoms with Crippen molar-refractivity contribution >= 4 is 17.7 Å². The maximum absolute atomic E-state index is 12.9. The number of likely N-dealkylation sites (tertiary alicyclic amines) is 1. The molecule has 0 spiro atoms. The molecule has 3 aromatic rings. The Morgan fingerprint density at radius 2 is 1.76 bits per heavy atom. The minimum atomic E-state index is -0.933. The highest BCUT2D eigenvalue weighted by Crippen LogP contribution is 2.45. The van der Waals surface area contributed by atoms with Gasteiger partial charge in [-0.25, -0.2) is 4.68 Å². The van der Waals surface area contributed by atoms with Crippen LogP contribution in [0.1, 0.15) is 65.4 Å². The number of amides is 3. The molecule has 0 radical (unpaired) electrons. The molecule has 38 heavy (non-hydrogen) atoms. The summed E-state index contributed by atoms with van der Waals surface area (Å²) in [6, 6.07) is 11.7. The molecule has 0 bridgehead atoms. The van der Waals surface area contributed by atoms with E-state index in [1.54, 1.807) is 29.2 Å². The molecule has 6 rings (SSSR count). The van der Waals surface area contributed by atoms with Crippen LogP contribution in [0, 0.1) is 0 Å². The average molecular weight is 517 g/mol. The van der Waals surface area contributed by atoms with Crippen molar-refractivity contribution in [2.24, 2.45) is 0 Å². The molecule has 196 valence electrons. The summed E-state index contributed by atoms with van der Waals surface area (Å²) >= 11 is 0. The number of aromatic nitrogens is 4. The Bertz CT molecular complexity index is 1410. The minimum absolute atomic E-state index is 0.0140. The molecule has 2 atom stereocenters. The molecule has 11 heteroatoms. The highest BCUT2D eigenvalue weighted by atomic mass is 16.5. The summed E-state index contributed by atoms with van der Waals surface area (Å²) in [5.74, 6) is 0.374. The Hall–Kier alpha value is -4.12. The average Bonchev–Trinajstić information content (AvgIpc) is 3.47. The van der Waals surface area contributed by atoms with Crippen molar-refractivity contribution in [3.63, 3.8) is 0 Å². The number of hydrogen-bond donors (Lipinski definition) is 1. The van der Waals surface area contributed by atoms with E-state index in [0.717, 1.165) is 12.8 Å². The monoisotopic (exact) mass is 516 g/mol. The fourth-order valence-electron chi connectivity index (χ4n) is 5.56. The highest BCUT2D eigenvalue weighted by molar-refractivity contribution is 6.21. The Labute approximate surface area is 219 Å². The minimum Gasteiger partial charge on any atom is -0.485 e. The second-order valence-corrected chi connectivity index (χ2v) is 10.4. The van der Waals surface area contributed by atoms with Crippen LogP contribution in [-0.4, -0.2) is 77.6 Å². The summed E-state index contributed by atoms with van der Waals surface area (Å²) in [5.41, 5.74) is 1.26. The number of aliphatic hydroxyl groups is 1. The van der Waals surface area contributed by atoms with Crippen LogP contribution in [0.4, 0.5) is 0 Å². The van der Waals surface area contributed by atoms with Crippen molar-refractivity contribution < 1.29 is 24.2 Å². The molecule has 2 aromatic carbocycles. The van der Waals surface area contributed by atoms with Gasteiger partial charge in [0.05, 0.1) is 23.7 Å². The molecular weight excluding hydrogens is 488 g/mol. The Balaban J connectivity index is 1.29. The van der Waals surface area contributed by atoms with Gasteiger partial charge in [0, 0.05) is 30.6 Å². The van der Waals surface area contributed by atoms with Crippen molar-refractivity contribution in [1.82, 2.24) is 30.0 Å². The Morgan fingerprint density at radius 1 is 1.03 bits per heavy atom. The zero-order valence-corrected chi connectivity index (χ0v) is 21.2. The van der Waals surface area contributed by atoms with Crippen LogP contribution in [0.5, 0.6) is 5.75 Å². The molecule has 1 N–H and O–H groups in total. The number of rotatable bonds is 5. The van der Waals surface area contributed by atoms with E-state index in [1.165, 1.54) is 9.58 Å². The first kappa shape index (κ1) is 24.2. The quantitative estimate of drug-likeness (QED) is 0.511. The van der Waals surface area contributed by atoms with Gasteiger partial charge in [-0.05, 0) is 67.4 Å². The normalized spacial score (nSPS) is 22.3. The number of benzene rings is 2. The van der Waals surface area contributed by atoms with Crippen molar-refractivity contribution in [2.75, 3.05) is 13.1 Å². The van der Waals surface area contributed by atoms with Crippen LogP contribution in [0.2, 0.25) is 0 Å². The van der Waals surface area contributed by atoms with Crippen molar-refractivity contribution in [1.29, 1.82) is 0 Å². The SMILES string of the molecule is CC1(C)Oc2ccc(-c3nnnn3CCN3C(=O)c4ccccc4C3=O)cc2[C@H](N2CCCCC2=O)[C@H]1O. The molecule has 0 saturated carbocycles. The van der Waals surface area contributed by atoms with E-state index in [1.807, 2.05) is 32.0 Å². The molecule has 0 unspecified atom stereocenters. The number of imide groups is 1. The first-order chi connectivity index (χ1) is 18.3. The molecule has 3 amide bonds. The van der Waals surface area contributed by atoms with Gasteiger partial charge in [0.2, 0.25) is 5.91 Å². The largest absolute Gasteiger partial charge is 0.485 e. The third kappa shape index (κ3) is 3.85. The summed E-state index contributed by atoms with van der Waals surface area (Å²) in [6.45, 7) is 4.51. The van der Waals surface area contributed by atoms with Crippen LogP contribution in [0.3, 0.4) is 0 Å². The van der Waals surface area contributed by atoms with E-state index >= 15 is 0 Å². The Morgan fingerprint density at radius 3 is 2.47 bits per heavy atom. The van der Waals surface area contributed by atoms with E-state index in [9.17, 15) is 19.5 Å². The second-order valence-electron chi connectivity index (χ2n) is 10.4. The fourth-order valence-corrected chi connectivity index (χ4v) is 5.56. The summed E-state index contributed by atoms with van der Waals surface area (Å²) in [4.78, 5) is 41.3. The van der Waals surface area contributed by atoms with Gasteiger partial charge in [-0.2, -0.15) is 0 Å². The molecule has 3 aliphatic heterocycles. The van der Waals surface area contributed by atoms with Gasteiger partial charge in [-0.15, -0.1) is 5.10 Å². The van der Waals surface area contributed by atoms with Crippen LogP contribution in [-0.2, 0) is 11.3 Å². The number of carbonyl (C=O) groups excluding carboxylic acids is 3. The molecule has 11 nitrogen and oxygen atoms in total. The molecule has 1 aromatic heterocycles. The summed E-state index contributed by atoms with van der Waals surface area (Å²) in [7, 11) is 0. The zero-order chi connectivity index (χ0) is 26.6. The third-order valence-corrected chi connectivity index (χ3v) is 7.61. The van der Waals surface area contributed by atoms with Gasteiger partial charge in [0.15, 0.2) is 5.82 Å². The standard InChI is InChI=1S/C27H28N6O5/c1-27(2)23(35)22(31-12-6-5-9-21(31)34)19-15-16(10-11-20(19)38-27)24-28-29-30-33(24)14-13-32-25(36)17-7-3-4-8-18(17)26(32)37/h3-4,7-8,10-11,15,22-23,35H,5-6,9,12-14H2,1-2H3/t22-,23+/m0/s1. The number of carbonyl (C=O) groups is 3. The second kappa shape index (κ2) is 9.02.